The topological polar surface area (TPSA) is 33.6 Å². The summed E-state index contributed by atoms with van der Waals surface area (Å²) in [6.07, 6.45) is 5.61. The molecule has 0 radical (unpaired) electrons. The third-order valence-electron chi connectivity index (χ3n) is 1.68. The van der Waals surface area contributed by atoms with Crippen molar-refractivity contribution in [1.29, 1.82) is 0 Å². The van der Waals surface area contributed by atoms with Gasteiger partial charge in [0.15, 0.2) is 0 Å². The van der Waals surface area contributed by atoms with Crippen LogP contribution in [0.15, 0.2) is 30.7 Å². The van der Waals surface area contributed by atoms with Crippen molar-refractivity contribution >= 4 is 0 Å². The van der Waals surface area contributed by atoms with E-state index in [1.165, 1.54) is 0 Å². The summed E-state index contributed by atoms with van der Waals surface area (Å²) in [7, 11) is 0. The Morgan fingerprint density at radius 2 is 2.45 bits per heavy atom. The number of hydrogen-bond acceptors (Lipinski definition) is 1. The third kappa shape index (κ3) is 0.941. The van der Waals surface area contributed by atoms with E-state index < -0.39 is 0 Å². The second kappa shape index (κ2) is 2.27. The first kappa shape index (κ1) is 6.22. The summed E-state index contributed by atoms with van der Waals surface area (Å²) >= 11 is 0. The molecule has 0 aliphatic heterocycles. The van der Waals surface area contributed by atoms with Crippen molar-refractivity contribution in [2.45, 2.75) is 6.92 Å². The fourth-order valence-corrected chi connectivity index (χ4v) is 1.10. The quantitative estimate of drug-likeness (QED) is 0.651. The number of nitrogens with zero attached hydrogens (tertiary/aromatic N) is 2. The van der Waals surface area contributed by atoms with E-state index >= 15 is 0 Å². The highest BCUT2D eigenvalue weighted by Crippen LogP contribution is 2.09. The molecule has 0 bridgehead atoms. The molecular weight excluding hydrogens is 138 g/mol. The van der Waals surface area contributed by atoms with Gasteiger partial charge in [-0.2, -0.15) is 5.10 Å². The summed E-state index contributed by atoms with van der Waals surface area (Å²) < 4.78 is 1.84. The largest absolute Gasteiger partial charge is 0.363 e. The highest BCUT2D eigenvalue weighted by molar-refractivity contribution is 5.34. The summed E-state index contributed by atoms with van der Waals surface area (Å²) in [6, 6.07) is 3.91. The van der Waals surface area contributed by atoms with Crippen LogP contribution in [0.1, 0.15) is 5.69 Å². The lowest BCUT2D eigenvalue weighted by molar-refractivity contribution is 0.873. The third-order valence-corrected chi connectivity index (χ3v) is 1.68. The Morgan fingerprint density at radius 1 is 1.55 bits per heavy atom. The van der Waals surface area contributed by atoms with Crippen molar-refractivity contribution in [3.05, 3.63) is 36.4 Å². The first-order valence-corrected chi connectivity index (χ1v) is 3.52. The first-order chi connectivity index (χ1) is 5.38. The lowest BCUT2D eigenvalue weighted by Gasteiger charge is -1.97. The van der Waals surface area contributed by atoms with Crippen molar-refractivity contribution in [1.82, 2.24) is 14.8 Å². The summed E-state index contributed by atoms with van der Waals surface area (Å²) in [5, 5.41) is 4.12. The average Bonchev–Trinajstić information content (AvgIpc) is 2.55. The van der Waals surface area contributed by atoms with Crippen molar-refractivity contribution in [3.63, 3.8) is 0 Å². The molecule has 0 aliphatic carbocycles. The van der Waals surface area contributed by atoms with Gasteiger partial charge < -0.3 is 4.98 Å². The molecule has 0 amide bonds. The first-order valence-electron chi connectivity index (χ1n) is 3.52. The van der Waals surface area contributed by atoms with E-state index in [4.69, 9.17) is 0 Å². The molecule has 2 heterocycles. The van der Waals surface area contributed by atoms with Gasteiger partial charge in [-0.05, 0) is 19.1 Å². The number of aryl methyl sites for hydroxylation is 1. The molecule has 11 heavy (non-hydrogen) atoms. The lowest BCUT2D eigenvalue weighted by Crippen LogP contribution is -1.93. The predicted molar refractivity (Wildman–Crippen MR) is 42.7 cm³/mol. The molecule has 2 rings (SSSR count). The highest BCUT2D eigenvalue weighted by Gasteiger charge is 1.99. The molecule has 3 nitrogen and oxygen atoms in total. The second-order valence-electron chi connectivity index (χ2n) is 2.44. The normalized spacial score (nSPS) is 10.3. The Hall–Kier alpha value is -1.51. The van der Waals surface area contributed by atoms with E-state index in [0.29, 0.717) is 0 Å². The van der Waals surface area contributed by atoms with Crippen LogP contribution in [0.4, 0.5) is 0 Å². The second-order valence-corrected chi connectivity index (χ2v) is 2.44. The molecule has 56 valence electrons. The average molecular weight is 147 g/mol. The smallest absolute Gasteiger partial charge is 0.0849 e. The molecule has 0 saturated carbocycles. The van der Waals surface area contributed by atoms with Crippen LogP contribution in [0.2, 0.25) is 0 Å². The summed E-state index contributed by atoms with van der Waals surface area (Å²) in [5.74, 6) is 0. The van der Waals surface area contributed by atoms with Crippen LogP contribution in [0, 0.1) is 6.92 Å². The van der Waals surface area contributed by atoms with Crippen LogP contribution in [-0.4, -0.2) is 14.8 Å². The molecule has 0 aliphatic rings. The fraction of sp³-hybridized carbons (Fsp3) is 0.125. The number of nitrogens with one attached hydrogen (secondary N) is 1. The Bertz CT molecular complexity index is 332. The van der Waals surface area contributed by atoms with Gasteiger partial charge in [0.25, 0.3) is 0 Å². The molecule has 1 N–H and O–H groups in total. The zero-order valence-corrected chi connectivity index (χ0v) is 6.28. The molecule has 0 fully saturated rings. The Kier molecular flexibility index (Phi) is 1.28. The van der Waals surface area contributed by atoms with E-state index in [9.17, 15) is 0 Å². The monoisotopic (exact) mass is 147 g/mol. The number of hydrogen-bond donors (Lipinski definition) is 1. The fourth-order valence-electron chi connectivity index (χ4n) is 1.10. The van der Waals surface area contributed by atoms with Gasteiger partial charge in [-0.1, -0.05) is 0 Å². The van der Waals surface area contributed by atoms with Gasteiger partial charge in [0, 0.05) is 24.3 Å². The van der Waals surface area contributed by atoms with Gasteiger partial charge in [-0.3, -0.25) is 0 Å². The minimum absolute atomic E-state index is 1.11. The molecule has 0 atom stereocenters. The van der Waals surface area contributed by atoms with Crippen molar-refractivity contribution in [2.24, 2.45) is 0 Å². The zero-order valence-electron chi connectivity index (χ0n) is 6.28. The van der Waals surface area contributed by atoms with Crippen LogP contribution in [0.3, 0.4) is 0 Å². The maximum Gasteiger partial charge on any atom is 0.0849 e. The van der Waals surface area contributed by atoms with Gasteiger partial charge in [0.2, 0.25) is 0 Å². The Balaban J connectivity index is 2.53. The zero-order chi connectivity index (χ0) is 7.68. The van der Waals surface area contributed by atoms with Crippen LogP contribution >= 0.6 is 0 Å². The molecule has 0 unspecified atom stereocenters. The SMILES string of the molecule is Cc1[nH]ccc1-n1cccn1. The molecular formula is C8H9N3. The van der Waals surface area contributed by atoms with E-state index in [1.54, 1.807) is 6.20 Å². The predicted octanol–water partition coefficient (Wildman–Crippen LogP) is 1.51. The van der Waals surface area contributed by atoms with Crippen LogP contribution < -0.4 is 0 Å². The minimum Gasteiger partial charge on any atom is -0.363 e. The summed E-state index contributed by atoms with van der Waals surface area (Å²) in [4.78, 5) is 3.10. The maximum absolute atomic E-state index is 4.12. The van der Waals surface area contributed by atoms with Gasteiger partial charge in [0.1, 0.15) is 0 Å². The number of aromatic nitrogens is 3. The molecule has 2 aromatic rings. The number of rotatable bonds is 1. The molecule has 0 saturated heterocycles. The minimum atomic E-state index is 1.11. The van der Waals surface area contributed by atoms with Crippen LogP contribution in [0.5, 0.6) is 0 Å². The molecule has 0 spiro atoms. The Morgan fingerprint density at radius 3 is 3.00 bits per heavy atom. The van der Waals surface area contributed by atoms with E-state index in [0.717, 1.165) is 11.4 Å². The summed E-state index contributed by atoms with van der Waals surface area (Å²) in [6.45, 7) is 2.02. The van der Waals surface area contributed by atoms with Crippen molar-refractivity contribution in [2.75, 3.05) is 0 Å². The summed E-state index contributed by atoms with van der Waals surface area (Å²) in [5.41, 5.74) is 2.24. The lowest BCUT2D eigenvalue weighted by atomic mass is 10.4. The molecule has 3 heteroatoms. The van der Waals surface area contributed by atoms with Crippen molar-refractivity contribution in [3.8, 4) is 5.69 Å². The van der Waals surface area contributed by atoms with E-state index in [2.05, 4.69) is 10.1 Å². The highest BCUT2D eigenvalue weighted by atomic mass is 15.3. The van der Waals surface area contributed by atoms with Crippen LogP contribution in [-0.2, 0) is 0 Å². The van der Waals surface area contributed by atoms with Gasteiger partial charge in [-0.25, -0.2) is 4.68 Å². The molecule has 0 aromatic carbocycles. The van der Waals surface area contributed by atoms with Gasteiger partial charge >= 0.3 is 0 Å². The van der Waals surface area contributed by atoms with Gasteiger partial charge in [-0.15, -0.1) is 0 Å². The van der Waals surface area contributed by atoms with E-state index in [-0.39, 0.29) is 0 Å². The van der Waals surface area contributed by atoms with E-state index in [1.807, 2.05) is 36.1 Å². The Labute approximate surface area is 64.7 Å². The standard InChI is InChI=1S/C8H9N3/c1-7-8(3-5-9-7)11-6-2-4-10-11/h2-6,9H,1H3. The number of H-pyrrole nitrogens is 1. The molecule has 2 aromatic heterocycles. The van der Waals surface area contributed by atoms with Crippen molar-refractivity contribution < 1.29 is 0 Å². The van der Waals surface area contributed by atoms with Crippen LogP contribution in [0.25, 0.3) is 5.69 Å². The maximum atomic E-state index is 4.12. The van der Waals surface area contributed by atoms with Gasteiger partial charge in [0.05, 0.1) is 5.69 Å². The number of aromatic amines is 1.